The van der Waals surface area contributed by atoms with Crippen molar-refractivity contribution >= 4 is 22.7 Å². The molecule has 0 unspecified atom stereocenters. The summed E-state index contributed by atoms with van der Waals surface area (Å²) in [6.45, 7) is 3.09. The number of nitrogens with one attached hydrogen (secondary N) is 1. The number of thioether (sulfide) groups is 1. The molecular formula is C16H22N2O2S. The summed E-state index contributed by atoms with van der Waals surface area (Å²) < 4.78 is 10.2. The second-order valence-corrected chi connectivity index (χ2v) is 5.74. The third-order valence-electron chi connectivity index (χ3n) is 3.09. The van der Waals surface area contributed by atoms with E-state index in [2.05, 4.69) is 23.5 Å². The molecule has 2 rings (SSSR count). The molecule has 0 bridgehead atoms. The molecule has 0 aliphatic carbocycles. The molecule has 1 heterocycles. The SMILES string of the molecule is COCCNCc1cc2ccccc2nc1SCCOC. The number of methoxy groups -OCH3 is 2. The van der Waals surface area contributed by atoms with Crippen molar-refractivity contribution in [3.8, 4) is 0 Å². The first-order valence-electron chi connectivity index (χ1n) is 7.05. The Balaban J connectivity index is 2.14. The molecule has 0 saturated carbocycles. The van der Waals surface area contributed by atoms with E-state index in [0.717, 1.165) is 36.0 Å². The van der Waals surface area contributed by atoms with Gasteiger partial charge in [-0.2, -0.15) is 0 Å². The van der Waals surface area contributed by atoms with Gasteiger partial charge >= 0.3 is 0 Å². The Hall–Kier alpha value is -1.14. The number of para-hydroxylation sites is 1. The minimum absolute atomic E-state index is 0.715. The molecule has 0 aliphatic rings. The van der Waals surface area contributed by atoms with Crippen LogP contribution < -0.4 is 5.32 Å². The Kier molecular flexibility index (Phi) is 6.95. The Morgan fingerprint density at radius 1 is 1.14 bits per heavy atom. The second-order valence-electron chi connectivity index (χ2n) is 4.66. The van der Waals surface area contributed by atoms with Crippen LogP contribution >= 0.6 is 11.8 Å². The van der Waals surface area contributed by atoms with Gasteiger partial charge in [0, 0.05) is 38.4 Å². The average Bonchev–Trinajstić information content (AvgIpc) is 2.52. The summed E-state index contributed by atoms with van der Waals surface area (Å²) in [6.07, 6.45) is 0. The average molecular weight is 306 g/mol. The minimum Gasteiger partial charge on any atom is -0.384 e. The van der Waals surface area contributed by atoms with E-state index in [1.54, 1.807) is 26.0 Å². The molecule has 0 spiro atoms. The molecule has 1 aromatic carbocycles. The van der Waals surface area contributed by atoms with E-state index in [4.69, 9.17) is 14.5 Å². The fourth-order valence-corrected chi connectivity index (χ4v) is 2.94. The molecule has 0 amide bonds. The lowest BCUT2D eigenvalue weighted by Gasteiger charge is -2.11. The van der Waals surface area contributed by atoms with Gasteiger partial charge in [-0.25, -0.2) is 4.98 Å². The smallest absolute Gasteiger partial charge is 0.101 e. The van der Waals surface area contributed by atoms with Crippen LogP contribution in [-0.2, 0) is 16.0 Å². The van der Waals surface area contributed by atoms with E-state index in [1.165, 1.54) is 10.9 Å². The highest BCUT2D eigenvalue weighted by molar-refractivity contribution is 7.99. The molecular weight excluding hydrogens is 284 g/mol. The van der Waals surface area contributed by atoms with Gasteiger partial charge in [0.05, 0.1) is 18.7 Å². The molecule has 5 heteroatoms. The number of fused-ring (bicyclic) bond motifs is 1. The summed E-state index contributed by atoms with van der Waals surface area (Å²) >= 11 is 1.74. The highest BCUT2D eigenvalue weighted by atomic mass is 32.2. The van der Waals surface area contributed by atoms with Gasteiger partial charge in [0.2, 0.25) is 0 Å². The summed E-state index contributed by atoms with van der Waals surface area (Å²) in [5, 5.41) is 5.65. The van der Waals surface area contributed by atoms with Gasteiger partial charge in [-0.3, -0.25) is 0 Å². The van der Waals surface area contributed by atoms with E-state index in [9.17, 15) is 0 Å². The summed E-state index contributed by atoms with van der Waals surface area (Å²) in [5.41, 5.74) is 2.27. The van der Waals surface area contributed by atoms with Crippen LogP contribution in [0.2, 0.25) is 0 Å². The number of nitrogens with zero attached hydrogens (tertiary/aromatic N) is 1. The van der Waals surface area contributed by atoms with Crippen molar-refractivity contribution in [3.63, 3.8) is 0 Å². The van der Waals surface area contributed by atoms with Crippen molar-refractivity contribution < 1.29 is 9.47 Å². The fraction of sp³-hybridized carbons (Fsp3) is 0.438. The summed E-state index contributed by atoms with van der Waals surface area (Å²) in [4.78, 5) is 4.78. The minimum atomic E-state index is 0.715. The van der Waals surface area contributed by atoms with Crippen molar-refractivity contribution in [3.05, 3.63) is 35.9 Å². The van der Waals surface area contributed by atoms with Crippen LogP contribution in [0.4, 0.5) is 0 Å². The zero-order valence-corrected chi connectivity index (χ0v) is 13.4. The Morgan fingerprint density at radius 2 is 1.95 bits per heavy atom. The lowest BCUT2D eigenvalue weighted by atomic mass is 10.1. The van der Waals surface area contributed by atoms with Crippen molar-refractivity contribution in [2.75, 3.05) is 39.7 Å². The Bertz CT molecular complexity index is 563. The fourth-order valence-electron chi connectivity index (χ4n) is 2.01. The lowest BCUT2D eigenvalue weighted by molar-refractivity contribution is 0.199. The number of ether oxygens (including phenoxy) is 2. The van der Waals surface area contributed by atoms with Crippen molar-refractivity contribution in [2.45, 2.75) is 11.6 Å². The standard InChI is InChI=1S/C16H22N2O2S/c1-19-8-7-17-12-14-11-13-5-3-4-6-15(13)18-16(14)21-10-9-20-2/h3-6,11,17H,7-10,12H2,1-2H3. The molecule has 0 atom stereocenters. The van der Waals surface area contributed by atoms with Crippen LogP contribution in [0.25, 0.3) is 10.9 Å². The van der Waals surface area contributed by atoms with E-state index in [1.807, 2.05) is 12.1 Å². The molecule has 0 aliphatic heterocycles. The third-order valence-corrected chi connectivity index (χ3v) is 4.09. The first kappa shape index (κ1) is 16.2. The molecule has 114 valence electrons. The largest absolute Gasteiger partial charge is 0.384 e. The quantitative estimate of drug-likeness (QED) is 0.570. The maximum Gasteiger partial charge on any atom is 0.101 e. The van der Waals surface area contributed by atoms with Gasteiger partial charge in [0.1, 0.15) is 5.03 Å². The maximum absolute atomic E-state index is 5.12. The molecule has 4 nitrogen and oxygen atoms in total. The molecule has 2 aromatic rings. The van der Waals surface area contributed by atoms with Gasteiger partial charge in [0.15, 0.2) is 0 Å². The molecule has 1 aromatic heterocycles. The van der Waals surface area contributed by atoms with E-state index in [0.29, 0.717) is 6.61 Å². The highest BCUT2D eigenvalue weighted by Gasteiger charge is 2.07. The molecule has 0 radical (unpaired) electrons. The van der Waals surface area contributed by atoms with Gasteiger partial charge in [-0.05, 0) is 17.7 Å². The zero-order chi connectivity index (χ0) is 14.9. The number of pyridine rings is 1. The van der Waals surface area contributed by atoms with Crippen molar-refractivity contribution in [2.24, 2.45) is 0 Å². The summed E-state index contributed by atoms with van der Waals surface area (Å²) in [7, 11) is 3.44. The Labute approximate surface area is 130 Å². The number of aromatic nitrogens is 1. The maximum atomic E-state index is 5.12. The number of hydrogen-bond acceptors (Lipinski definition) is 5. The number of rotatable bonds is 9. The predicted octanol–water partition coefficient (Wildman–Crippen LogP) is 2.71. The van der Waals surface area contributed by atoms with E-state index in [-0.39, 0.29) is 0 Å². The van der Waals surface area contributed by atoms with Gasteiger partial charge in [-0.15, -0.1) is 11.8 Å². The van der Waals surface area contributed by atoms with Crippen LogP contribution in [0.3, 0.4) is 0 Å². The topological polar surface area (TPSA) is 43.4 Å². The van der Waals surface area contributed by atoms with Gasteiger partial charge < -0.3 is 14.8 Å². The van der Waals surface area contributed by atoms with Crippen LogP contribution in [0, 0.1) is 0 Å². The van der Waals surface area contributed by atoms with Crippen LogP contribution in [0.1, 0.15) is 5.56 Å². The van der Waals surface area contributed by atoms with Crippen LogP contribution in [-0.4, -0.2) is 44.7 Å². The number of hydrogen-bond donors (Lipinski definition) is 1. The van der Waals surface area contributed by atoms with Crippen LogP contribution in [0.15, 0.2) is 35.4 Å². The van der Waals surface area contributed by atoms with Crippen molar-refractivity contribution in [1.29, 1.82) is 0 Å². The highest BCUT2D eigenvalue weighted by Crippen LogP contribution is 2.24. The second kappa shape index (κ2) is 9.00. The predicted molar refractivity (Wildman–Crippen MR) is 87.9 cm³/mol. The normalized spacial score (nSPS) is 11.1. The Morgan fingerprint density at radius 3 is 2.76 bits per heavy atom. The molecule has 0 fully saturated rings. The molecule has 21 heavy (non-hydrogen) atoms. The van der Waals surface area contributed by atoms with Crippen LogP contribution in [0.5, 0.6) is 0 Å². The van der Waals surface area contributed by atoms with E-state index >= 15 is 0 Å². The number of benzene rings is 1. The van der Waals surface area contributed by atoms with Gasteiger partial charge in [-0.1, -0.05) is 18.2 Å². The molecule has 1 N–H and O–H groups in total. The van der Waals surface area contributed by atoms with Crippen molar-refractivity contribution in [1.82, 2.24) is 10.3 Å². The van der Waals surface area contributed by atoms with E-state index < -0.39 is 0 Å². The first-order valence-corrected chi connectivity index (χ1v) is 8.03. The summed E-state index contributed by atoms with van der Waals surface area (Å²) in [6, 6.07) is 10.4. The first-order chi connectivity index (χ1) is 10.3. The lowest BCUT2D eigenvalue weighted by Crippen LogP contribution is -2.19. The monoisotopic (exact) mass is 306 g/mol. The summed E-state index contributed by atoms with van der Waals surface area (Å²) in [5.74, 6) is 0.910. The molecule has 0 saturated heterocycles. The van der Waals surface area contributed by atoms with Gasteiger partial charge in [0.25, 0.3) is 0 Å². The third kappa shape index (κ3) is 4.97. The zero-order valence-electron chi connectivity index (χ0n) is 12.6.